The molecule has 0 atom stereocenters. The second-order valence-electron chi connectivity index (χ2n) is 6.29. The summed E-state index contributed by atoms with van der Waals surface area (Å²) in [4.78, 5) is 24.8. The van der Waals surface area contributed by atoms with Crippen LogP contribution < -0.4 is 20.6 Å². The molecule has 9 heteroatoms. The molecule has 0 aliphatic heterocycles. The van der Waals surface area contributed by atoms with Crippen molar-refractivity contribution in [3.63, 3.8) is 0 Å². The maximum atomic E-state index is 12.2. The Hall–Kier alpha value is -4.16. The van der Waals surface area contributed by atoms with Gasteiger partial charge < -0.3 is 15.2 Å². The summed E-state index contributed by atoms with van der Waals surface area (Å²) in [6.07, 6.45) is 1.45. The Morgan fingerprint density at radius 2 is 1.77 bits per heavy atom. The third-order valence-electron chi connectivity index (χ3n) is 4.29. The SMILES string of the molecule is COc1ccc(C(=O)Oc2ccc(C=NNC(=O)c3sc(N)c(C#N)c3C)cc2)cc1. The Balaban J connectivity index is 1.58. The number of hydrogen-bond acceptors (Lipinski definition) is 8. The van der Waals surface area contributed by atoms with Crippen molar-refractivity contribution < 1.29 is 19.1 Å². The summed E-state index contributed by atoms with van der Waals surface area (Å²) in [5, 5.41) is 13.3. The zero-order valence-corrected chi connectivity index (χ0v) is 17.5. The van der Waals surface area contributed by atoms with Gasteiger partial charge in [0.25, 0.3) is 5.91 Å². The lowest BCUT2D eigenvalue weighted by Crippen LogP contribution is -2.17. The number of hydrazone groups is 1. The molecule has 156 valence electrons. The van der Waals surface area contributed by atoms with Crippen LogP contribution in [0.3, 0.4) is 0 Å². The minimum atomic E-state index is -0.487. The maximum Gasteiger partial charge on any atom is 0.343 e. The number of nitrogens with one attached hydrogen (secondary N) is 1. The van der Waals surface area contributed by atoms with Crippen LogP contribution in [0.1, 0.15) is 36.7 Å². The Bertz CT molecular complexity index is 1180. The number of nitrogens with two attached hydrogens (primary N) is 1. The number of nitrogens with zero attached hydrogens (tertiary/aromatic N) is 2. The smallest absolute Gasteiger partial charge is 0.343 e. The van der Waals surface area contributed by atoms with Gasteiger partial charge in [-0.05, 0) is 66.6 Å². The number of amides is 1. The number of hydrogen-bond donors (Lipinski definition) is 2. The molecule has 1 heterocycles. The number of rotatable bonds is 6. The largest absolute Gasteiger partial charge is 0.497 e. The van der Waals surface area contributed by atoms with Gasteiger partial charge in [-0.15, -0.1) is 11.3 Å². The van der Waals surface area contributed by atoms with Crippen molar-refractivity contribution in [1.29, 1.82) is 5.26 Å². The van der Waals surface area contributed by atoms with Crippen molar-refractivity contribution in [2.75, 3.05) is 12.8 Å². The molecule has 2 aromatic carbocycles. The molecule has 0 radical (unpaired) electrons. The van der Waals surface area contributed by atoms with E-state index >= 15 is 0 Å². The highest BCUT2D eigenvalue weighted by atomic mass is 32.1. The van der Waals surface area contributed by atoms with E-state index in [1.807, 2.05) is 6.07 Å². The van der Waals surface area contributed by atoms with Crippen LogP contribution in [0.2, 0.25) is 0 Å². The lowest BCUT2D eigenvalue weighted by atomic mass is 10.2. The van der Waals surface area contributed by atoms with Gasteiger partial charge in [0, 0.05) is 0 Å². The highest BCUT2D eigenvalue weighted by Gasteiger charge is 2.18. The van der Waals surface area contributed by atoms with Crippen molar-refractivity contribution in [3.05, 3.63) is 75.7 Å². The molecule has 1 amide bonds. The van der Waals surface area contributed by atoms with E-state index in [9.17, 15) is 9.59 Å². The number of carbonyl (C=O) groups is 2. The molecule has 31 heavy (non-hydrogen) atoms. The van der Waals surface area contributed by atoms with E-state index in [1.165, 1.54) is 6.21 Å². The lowest BCUT2D eigenvalue weighted by Gasteiger charge is -2.05. The highest BCUT2D eigenvalue weighted by Crippen LogP contribution is 2.29. The van der Waals surface area contributed by atoms with Crippen LogP contribution in [0.4, 0.5) is 5.00 Å². The van der Waals surface area contributed by atoms with Crippen LogP contribution >= 0.6 is 11.3 Å². The number of ether oxygens (including phenoxy) is 2. The number of nitrogen functional groups attached to an aromatic ring is 1. The second kappa shape index (κ2) is 9.56. The van der Waals surface area contributed by atoms with Crippen molar-refractivity contribution in [1.82, 2.24) is 5.43 Å². The van der Waals surface area contributed by atoms with Crippen LogP contribution in [-0.4, -0.2) is 25.2 Å². The molecule has 0 aliphatic rings. The molecule has 0 saturated carbocycles. The molecule has 3 aromatic rings. The Labute approximate surface area is 182 Å². The number of anilines is 1. The van der Waals surface area contributed by atoms with Crippen molar-refractivity contribution >= 4 is 34.4 Å². The summed E-state index contributed by atoms with van der Waals surface area (Å²) in [6.45, 7) is 1.66. The lowest BCUT2D eigenvalue weighted by molar-refractivity contribution is 0.0734. The average Bonchev–Trinajstić information content (AvgIpc) is 3.08. The number of benzene rings is 2. The third kappa shape index (κ3) is 5.07. The maximum absolute atomic E-state index is 12.2. The number of nitriles is 1. The van der Waals surface area contributed by atoms with Gasteiger partial charge in [0.05, 0.1) is 24.5 Å². The number of esters is 1. The van der Waals surface area contributed by atoms with Crippen LogP contribution in [-0.2, 0) is 0 Å². The van der Waals surface area contributed by atoms with Crippen molar-refractivity contribution in [3.8, 4) is 17.6 Å². The monoisotopic (exact) mass is 434 g/mol. The molecule has 0 aliphatic carbocycles. The predicted octanol–water partition coefficient (Wildman–Crippen LogP) is 3.50. The fraction of sp³-hybridized carbons (Fsp3) is 0.0909. The molecular weight excluding hydrogens is 416 g/mol. The first-order valence-electron chi connectivity index (χ1n) is 9.01. The Kier molecular flexibility index (Phi) is 6.64. The van der Waals surface area contributed by atoms with E-state index in [1.54, 1.807) is 62.6 Å². The average molecular weight is 434 g/mol. The molecule has 8 nitrogen and oxygen atoms in total. The molecule has 3 rings (SSSR count). The van der Waals surface area contributed by atoms with Crippen molar-refractivity contribution in [2.45, 2.75) is 6.92 Å². The summed E-state index contributed by atoms with van der Waals surface area (Å²) in [5.41, 5.74) is 10.1. The number of methoxy groups -OCH3 is 1. The molecule has 0 unspecified atom stereocenters. The van der Waals surface area contributed by atoms with E-state index in [-0.39, 0.29) is 0 Å². The van der Waals surface area contributed by atoms with Crippen LogP contribution in [0.5, 0.6) is 11.5 Å². The van der Waals surface area contributed by atoms with Gasteiger partial charge in [-0.25, -0.2) is 10.2 Å². The number of carbonyl (C=O) groups excluding carboxylic acids is 2. The zero-order valence-electron chi connectivity index (χ0n) is 16.7. The Morgan fingerprint density at radius 1 is 1.13 bits per heavy atom. The summed E-state index contributed by atoms with van der Waals surface area (Å²) in [5.74, 6) is 0.0851. The summed E-state index contributed by atoms with van der Waals surface area (Å²) < 4.78 is 10.4. The molecular formula is C22H18N4O4S. The molecule has 0 fully saturated rings. The van der Waals surface area contributed by atoms with E-state index in [0.717, 1.165) is 11.3 Å². The summed E-state index contributed by atoms with van der Waals surface area (Å²) in [6, 6.07) is 15.2. The normalized spacial score (nSPS) is 10.5. The third-order valence-corrected chi connectivity index (χ3v) is 5.41. The fourth-order valence-electron chi connectivity index (χ4n) is 2.62. The number of thiophene rings is 1. The minimum Gasteiger partial charge on any atom is -0.497 e. The highest BCUT2D eigenvalue weighted by molar-refractivity contribution is 7.18. The second-order valence-corrected chi connectivity index (χ2v) is 7.35. The molecule has 0 spiro atoms. The van der Waals surface area contributed by atoms with Gasteiger partial charge in [-0.2, -0.15) is 10.4 Å². The molecule has 3 N–H and O–H groups in total. The first kappa shape index (κ1) is 21.5. The van der Waals surface area contributed by atoms with Gasteiger partial charge in [0.15, 0.2) is 0 Å². The first-order valence-corrected chi connectivity index (χ1v) is 9.83. The first-order chi connectivity index (χ1) is 14.9. The van der Waals surface area contributed by atoms with Crippen LogP contribution in [0.15, 0.2) is 53.6 Å². The minimum absolute atomic E-state index is 0.300. The molecule has 0 saturated heterocycles. The van der Waals surface area contributed by atoms with Crippen LogP contribution in [0.25, 0.3) is 0 Å². The van der Waals surface area contributed by atoms with Gasteiger partial charge in [0.1, 0.15) is 27.4 Å². The van der Waals surface area contributed by atoms with Gasteiger partial charge in [-0.1, -0.05) is 0 Å². The topological polar surface area (TPSA) is 127 Å². The fourth-order valence-corrected chi connectivity index (χ4v) is 3.54. The van der Waals surface area contributed by atoms with E-state index in [0.29, 0.717) is 43.6 Å². The zero-order chi connectivity index (χ0) is 22.4. The Morgan fingerprint density at radius 3 is 2.35 bits per heavy atom. The quantitative estimate of drug-likeness (QED) is 0.265. The van der Waals surface area contributed by atoms with Gasteiger partial charge in [0.2, 0.25) is 0 Å². The summed E-state index contributed by atoms with van der Waals surface area (Å²) >= 11 is 1.04. The predicted molar refractivity (Wildman–Crippen MR) is 118 cm³/mol. The molecule has 0 bridgehead atoms. The van der Waals surface area contributed by atoms with Crippen LogP contribution in [0, 0.1) is 18.3 Å². The van der Waals surface area contributed by atoms with E-state index in [2.05, 4.69) is 10.5 Å². The standard InChI is InChI=1S/C22H18N4O4S/c1-13-18(11-23)20(24)31-19(13)21(27)26-25-12-14-3-7-17(8-4-14)30-22(28)15-5-9-16(29-2)10-6-15/h3-10,12H,24H2,1-2H3,(H,26,27). The summed E-state index contributed by atoms with van der Waals surface area (Å²) in [7, 11) is 1.55. The van der Waals surface area contributed by atoms with E-state index < -0.39 is 11.9 Å². The van der Waals surface area contributed by atoms with E-state index in [4.69, 9.17) is 20.5 Å². The van der Waals surface area contributed by atoms with Gasteiger partial charge >= 0.3 is 5.97 Å². The van der Waals surface area contributed by atoms with Gasteiger partial charge in [-0.3, -0.25) is 4.79 Å². The van der Waals surface area contributed by atoms with Crippen molar-refractivity contribution in [2.24, 2.45) is 5.10 Å². The molecule has 1 aromatic heterocycles.